The van der Waals surface area contributed by atoms with Crippen LogP contribution in [0.1, 0.15) is 41.2 Å². The highest BCUT2D eigenvalue weighted by molar-refractivity contribution is 6.31. The Morgan fingerprint density at radius 3 is 2.28 bits per heavy atom. The summed E-state index contributed by atoms with van der Waals surface area (Å²) >= 11 is 6.37. The van der Waals surface area contributed by atoms with Gasteiger partial charge in [0.15, 0.2) is 0 Å². The Hall–Kier alpha value is -1.51. The van der Waals surface area contributed by atoms with Crippen molar-refractivity contribution in [3.63, 3.8) is 0 Å². The molecule has 7 heteroatoms. The summed E-state index contributed by atoms with van der Waals surface area (Å²) in [5.41, 5.74) is 2.69. The average molecular weight is 421 g/mol. The molecule has 1 heterocycles. The highest BCUT2D eigenvalue weighted by Gasteiger charge is 2.44. The molecule has 6 nitrogen and oxygen atoms in total. The molecule has 2 aliphatic rings. The van der Waals surface area contributed by atoms with Gasteiger partial charge in [-0.2, -0.15) is 0 Å². The normalized spacial score (nSPS) is 30.9. The second-order valence-electron chi connectivity index (χ2n) is 8.01. The third kappa shape index (κ3) is 4.07. The number of benzene rings is 2. The van der Waals surface area contributed by atoms with Gasteiger partial charge in [0, 0.05) is 5.02 Å². The first-order valence-corrected chi connectivity index (χ1v) is 10.1. The summed E-state index contributed by atoms with van der Waals surface area (Å²) in [6.45, 7) is -0.472. The summed E-state index contributed by atoms with van der Waals surface area (Å²) in [5, 5.41) is 50.5. The molecule has 156 valence electrons. The number of halogens is 1. The van der Waals surface area contributed by atoms with Crippen molar-refractivity contribution in [1.29, 1.82) is 0 Å². The van der Waals surface area contributed by atoms with Gasteiger partial charge in [-0.1, -0.05) is 48.0 Å². The lowest BCUT2D eigenvalue weighted by Gasteiger charge is -2.40. The first-order chi connectivity index (χ1) is 13.8. The Labute approximate surface area is 174 Å². The van der Waals surface area contributed by atoms with Crippen LogP contribution in [-0.2, 0) is 16.8 Å². The summed E-state index contributed by atoms with van der Waals surface area (Å²) in [7, 11) is 0. The largest absolute Gasteiger partial charge is 0.394 e. The fourth-order valence-corrected chi connectivity index (χ4v) is 4.03. The summed E-state index contributed by atoms with van der Waals surface area (Å²) in [4.78, 5) is 0. The zero-order chi connectivity index (χ0) is 20.8. The summed E-state index contributed by atoms with van der Waals surface area (Å²) in [6, 6.07) is 13.0. The van der Waals surface area contributed by atoms with Crippen molar-refractivity contribution in [1.82, 2.24) is 0 Å². The van der Waals surface area contributed by atoms with Gasteiger partial charge < -0.3 is 30.3 Å². The van der Waals surface area contributed by atoms with Crippen LogP contribution in [0.3, 0.4) is 0 Å². The molecule has 0 aromatic heterocycles. The van der Waals surface area contributed by atoms with E-state index in [9.17, 15) is 25.5 Å². The molecule has 1 unspecified atom stereocenters. The van der Waals surface area contributed by atoms with Gasteiger partial charge in [-0.3, -0.25) is 0 Å². The lowest BCUT2D eigenvalue weighted by molar-refractivity contribution is -0.231. The molecular formula is C22H25ClO6. The third-order valence-corrected chi connectivity index (χ3v) is 6.27. The van der Waals surface area contributed by atoms with E-state index in [1.807, 2.05) is 24.3 Å². The minimum absolute atomic E-state index is 0.472. The van der Waals surface area contributed by atoms with Crippen LogP contribution in [-0.4, -0.2) is 56.6 Å². The Morgan fingerprint density at radius 2 is 1.66 bits per heavy atom. The maximum atomic E-state index is 10.4. The van der Waals surface area contributed by atoms with Gasteiger partial charge in [0.05, 0.1) is 12.2 Å². The fraction of sp³-hybridized carbons (Fsp3) is 0.455. The van der Waals surface area contributed by atoms with E-state index in [1.54, 1.807) is 18.2 Å². The second-order valence-corrected chi connectivity index (χ2v) is 8.41. The Bertz CT molecular complexity index is 864. The van der Waals surface area contributed by atoms with Crippen molar-refractivity contribution >= 4 is 11.6 Å². The van der Waals surface area contributed by atoms with E-state index in [2.05, 4.69) is 0 Å². The first kappa shape index (κ1) is 20.8. The van der Waals surface area contributed by atoms with E-state index in [-0.39, 0.29) is 0 Å². The van der Waals surface area contributed by atoms with Crippen LogP contribution >= 0.6 is 11.6 Å². The smallest absolute Gasteiger partial charge is 0.113 e. The standard InChI is InChI=1S/C22H25ClO6/c23-16-6-3-13(21-20(27)19(26)18(25)17(11-24)29-21)10-14(16)9-12-1-4-15(5-2-12)22(28)7-8-22/h1-6,10,17-21,24-28H,7-9,11H2/t17-,18-,19+,20?,21+/m1/s1. The predicted octanol–water partition coefficient (Wildman–Crippen LogP) is 1.43. The fourth-order valence-electron chi connectivity index (χ4n) is 3.84. The van der Waals surface area contributed by atoms with E-state index in [1.165, 1.54) is 0 Å². The molecule has 2 fully saturated rings. The molecule has 1 aliphatic carbocycles. The molecule has 0 bridgehead atoms. The van der Waals surface area contributed by atoms with E-state index in [0.29, 0.717) is 17.0 Å². The molecule has 0 amide bonds. The van der Waals surface area contributed by atoms with E-state index < -0.39 is 42.7 Å². The first-order valence-electron chi connectivity index (χ1n) is 9.73. The van der Waals surface area contributed by atoms with Crippen LogP contribution in [0.25, 0.3) is 0 Å². The lowest BCUT2D eigenvalue weighted by Crippen LogP contribution is -2.55. The van der Waals surface area contributed by atoms with Crippen LogP contribution in [0.5, 0.6) is 0 Å². The topological polar surface area (TPSA) is 110 Å². The maximum absolute atomic E-state index is 10.4. The van der Waals surface area contributed by atoms with Gasteiger partial charge in [0.1, 0.15) is 30.5 Å². The second kappa shape index (κ2) is 7.96. The summed E-state index contributed by atoms with van der Waals surface area (Å²) in [6.07, 6.45) is -3.88. The number of hydrogen-bond acceptors (Lipinski definition) is 6. The number of ether oxygens (including phenoxy) is 1. The number of aliphatic hydroxyl groups excluding tert-OH is 4. The van der Waals surface area contributed by atoms with Crippen LogP contribution in [0.2, 0.25) is 5.02 Å². The summed E-state index contributed by atoms with van der Waals surface area (Å²) in [5.74, 6) is 0. The molecule has 0 spiro atoms. The van der Waals surface area contributed by atoms with Gasteiger partial charge in [0.25, 0.3) is 0 Å². The van der Waals surface area contributed by atoms with Crippen LogP contribution < -0.4 is 0 Å². The molecule has 5 N–H and O–H groups in total. The number of aliphatic hydroxyl groups is 5. The van der Waals surface area contributed by atoms with E-state index in [0.717, 1.165) is 29.5 Å². The molecule has 2 aromatic rings. The lowest BCUT2D eigenvalue weighted by atomic mass is 9.90. The minimum Gasteiger partial charge on any atom is -0.394 e. The molecule has 2 aromatic carbocycles. The van der Waals surface area contributed by atoms with Gasteiger partial charge >= 0.3 is 0 Å². The average Bonchev–Trinajstić information content (AvgIpc) is 3.47. The number of hydrogen-bond donors (Lipinski definition) is 5. The minimum atomic E-state index is -1.43. The summed E-state index contributed by atoms with van der Waals surface area (Å²) < 4.78 is 5.64. The maximum Gasteiger partial charge on any atom is 0.113 e. The zero-order valence-corrected chi connectivity index (χ0v) is 16.5. The zero-order valence-electron chi connectivity index (χ0n) is 15.8. The molecule has 4 rings (SSSR count). The Balaban J connectivity index is 1.56. The highest BCUT2D eigenvalue weighted by atomic mass is 35.5. The van der Waals surface area contributed by atoms with Crippen molar-refractivity contribution in [2.75, 3.05) is 6.61 Å². The van der Waals surface area contributed by atoms with Gasteiger partial charge in [-0.15, -0.1) is 0 Å². The van der Waals surface area contributed by atoms with Crippen molar-refractivity contribution in [2.45, 2.75) is 55.4 Å². The van der Waals surface area contributed by atoms with Gasteiger partial charge in [0.2, 0.25) is 0 Å². The molecule has 0 radical (unpaired) electrons. The van der Waals surface area contributed by atoms with Crippen LogP contribution in [0.4, 0.5) is 0 Å². The third-order valence-electron chi connectivity index (χ3n) is 5.90. The van der Waals surface area contributed by atoms with Crippen LogP contribution in [0.15, 0.2) is 42.5 Å². The molecule has 1 aliphatic heterocycles. The molecule has 1 saturated carbocycles. The predicted molar refractivity (Wildman–Crippen MR) is 107 cm³/mol. The monoisotopic (exact) mass is 420 g/mol. The van der Waals surface area contributed by atoms with Crippen LogP contribution in [0, 0.1) is 0 Å². The van der Waals surface area contributed by atoms with E-state index >= 15 is 0 Å². The van der Waals surface area contributed by atoms with Crippen molar-refractivity contribution in [3.05, 3.63) is 69.7 Å². The van der Waals surface area contributed by atoms with Crippen molar-refractivity contribution in [3.8, 4) is 0 Å². The van der Waals surface area contributed by atoms with E-state index in [4.69, 9.17) is 16.3 Å². The van der Waals surface area contributed by atoms with Gasteiger partial charge in [-0.25, -0.2) is 0 Å². The Morgan fingerprint density at radius 1 is 0.966 bits per heavy atom. The van der Waals surface area contributed by atoms with Crippen molar-refractivity contribution < 1.29 is 30.3 Å². The van der Waals surface area contributed by atoms with Crippen molar-refractivity contribution in [2.24, 2.45) is 0 Å². The molecule has 5 atom stereocenters. The molecule has 29 heavy (non-hydrogen) atoms. The Kier molecular flexibility index (Phi) is 5.70. The quantitative estimate of drug-likeness (QED) is 0.500. The SMILES string of the molecule is OC[C@H]1O[C@@H](c2ccc(Cl)c(Cc3ccc(C4(O)CC4)cc3)c2)C(O)[C@@H](O)[C@@H]1O. The highest BCUT2D eigenvalue weighted by Crippen LogP contribution is 2.45. The molecule has 1 saturated heterocycles. The van der Waals surface area contributed by atoms with Gasteiger partial charge in [-0.05, 0) is 47.6 Å². The molecular weight excluding hydrogens is 396 g/mol. The number of rotatable bonds is 5.